The van der Waals surface area contributed by atoms with E-state index in [-0.39, 0.29) is 12.1 Å². The Morgan fingerprint density at radius 2 is 1.71 bits per heavy atom. The van der Waals surface area contributed by atoms with Gasteiger partial charge in [-0.3, -0.25) is 0 Å². The van der Waals surface area contributed by atoms with Crippen LogP contribution in [-0.4, -0.2) is 19.2 Å². The molecule has 0 N–H and O–H groups in total. The first-order valence-electron chi connectivity index (χ1n) is 6.12. The molecular weight excluding hydrogens is 480 g/mol. The van der Waals surface area contributed by atoms with Gasteiger partial charge in [0, 0.05) is 23.9 Å². The Morgan fingerprint density at radius 3 is 2.35 bits per heavy atom. The zero-order valence-corrected chi connectivity index (χ0v) is 15.9. The van der Waals surface area contributed by atoms with Crippen LogP contribution in [-0.2, 0) is 4.74 Å². The van der Waals surface area contributed by atoms with Crippen molar-refractivity contribution in [2.45, 2.75) is 44.2 Å². The predicted octanol–water partition coefficient (Wildman–Crippen LogP) is 4.94. The summed E-state index contributed by atoms with van der Waals surface area (Å²) in [5.41, 5.74) is 0.885. The van der Waals surface area contributed by atoms with Gasteiger partial charge in [-0.15, -0.1) is 0 Å². The third kappa shape index (κ3) is 0.979. The van der Waals surface area contributed by atoms with E-state index in [1.165, 1.54) is 25.7 Å². The Kier molecular flexibility index (Phi) is 2.26. The van der Waals surface area contributed by atoms with Crippen molar-refractivity contribution < 1.29 is 4.74 Å². The quantitative estimate of drug-likeness (QED) is 0.470. The Morgan fingerprint density at radius 1 is 1.06 bits per heavy atom. The highest BCUT2D eigenvalue weighted by Crippen LogP contribution is 2.96. The molecular formula is C12H14Br4O. The molecule has 4 rings (SSSR count). The molecule has 0 aliphatic heterocycles. The lowest BCUT2D eigenvalue weighted by Gasteiger charge is -2.29. The van der Waals surface area contributed by atoms with Crippen molar-refractivity contribution in [1.29, 1.82) is 0 Å². The molecule has 4 aliphatic rings. The minimum atomic E-state index is 0.00410. The van der Waals surface area contributed by atoms with Crippen LogP contribution in [0.2, 0.25) is 0 Å². The van der Waals surface area contributed by atoms with E-state index in [2.05, 4.69) is 63.7 Å². The van der Waals surface area contributed by atoms with E-state index in [1.807, 2.05) is 7.11 Å². The summed E-state index contributed by atoms with van der Waals surface area (Å²) in [4.78, 5) is 0. The van der Waals surface area contributed by atoms with Gasteiger partial charge in [-0.1, -0.05) is 70.1 Å². The summed E-state index contributed by atoms with van der Waals surface area (Å²) < 4.78 is 6.11. The average molecular weight is 494 g/mol. The summed E-state index contributed by atoms with van der Waals surface area (Å²) in [6.45, 7) is 0. The first-order chi connectivity index (χ1) is 7.81. The van der Waals surface area contributed by atoms with Crippen molar-refractivity contribution in [2.75, 3.05) is 7.11 Å². The van der Waals surface area contributed by atoms with Crippen molar-refractivity contribution in [3.8, 4) is 0 Å². The Hall–Kier alpha value is 1.88. The van der Waals surface area contributed by atoms with Crippen LogP contribution in [0.15, 0.2) is 0 Å². The van der Waals surface area contributed by atoms with Crippen LogP contribution in [0, 0.1) is 16.7 Å². The van der Waals surface area contributed by atoms with E-state index in [9.17, 15) is 0 Å². The van der Waals surface area contributed by atoms with Gasteiger partial charge in [0.25, 0.3) is 0 Å². The van der Waals surface area contributed by atoms with E-state index in [4.69, 9.17) is 4.74 Å². The van der Waals surface area contributed by atoms with Crippen molar-refractivity contribution in [3.63, 3.8) is 0 Å². The van der Waals surface area contributed by atoms with Gasteiger partial charge >= 0.3 is 0 Å². The molecule has 0 aromatic rings. The molecule has 17 heavy (non-hydrogen) atoms. The molecule has 4 unspecified atom stereocenters. The Bertz CT molecular complexity index is 423. The standard InChI is InChI=1S/C12H14Br4O/c1-17-10-6-9-4-2-3-8(9,12(9,15)16)5-7(10)11(10,13)14/h7H,2-6H2,1H3. The number of methoxy groups -OCH3 is 1. The van der Waals surface area contributed by atoms with E-state index in [1.54, 1.807) is 0 Å². The third-order valence-corrected chi connectivity index (χ3v) is 11.7. The maximum atomic E-state index is 5.92. The van der Waals surface area contributed by atoms with Gasteiger partial charge < -0.3 is 4.74 Å². The lowest BCUT2D eigenvalue weighted by molar-refractivity contribution is 0.0138. The van der Waals surface area contributed by atoms with Gasteiger partial charge in [0.15, 0.2) is 0 Å². The van der Waals surface area contributed by atoms with Crippen LogP contribution in [0.25, 0.3) is 0 Å². The number of hydrogen-bond donors (Lipinski definition) is 0. The van der Waals surface area contributed by atoms with E-state index in [0.717, 1.165) is 6.42 Å². The summed E-state index contributed by atoms with van der Waals surface area (Å²) in [6.07, 6.45) is 6.48. The van der Waals surface area contributed by atoms with Crippen LogP contribution in [0.4, 0.5) is 0 Å². The summed E-state index contributed by atoms with van der Waals surface area (Å²) in [5, 5.41) is 0. The fourth-order valence-corrected chi connectivity index (χ4v) is 9.92. The highest BCUT2D eigenvalue weighted by molar-refractivity contribution is 9.26. The number of ether oxygens (including phenoxy) is 1. The monoisotopic (exact) mass is 490 g/mol. The Labute approximate surface area is 135 Å². The summed E-state index contributed by atoms with van der Waals surface area (Å²) in [6, 6.07) is 0. The molecule has 0 heterocycles. The van der Waals surface area contributed by atoms with E-state index < -0.39 is 0 Å². The fourth-order valence-electron chi connectivity index (χ4n) is 5.21. The van der Waals surface area contributed by atoms with Crippen LogP contribution in [0.3, 0.4) is 0 Å². The second-order valence-electron chi connectivity index (χ2n) is 6.24. The van der Waals surface area contributed by atoms with Crippen LogP contribution in [0.1, 0.15) is 32.1 Å². The molecule has 1 nitrogen and oxygen atoms in total. The third-order valence-electron chi connectivity index (χ3n) is 6.23. The van der Waals surface area contributed by atoms with Gasteiger partial charge in [0.1, 0.15) is 3.23 Å². The van der Waals surface area contributed by atoms with E-state index in [0.29, 0.717) is 16.7 Å². The first-order valence-corrected chi connectivity index (χ1v) is 9.29. The zero-order chi connectivity index (χ0) is 12.3. The predicted molar refractivity (Wildman–Crippen MR) is 82.4 cm³/mol. The summed E-state index contributed by atoms with van der Waals surface area (Å²) >= 11 is 15.6. The van der Waals surface area contributed by atoms with E-state index >= 15 is 0 Å². The van der Waals surface area contributed by atoms with Gasteiger partial charge in [0.2, 0.25) is 0 Å². The molecule has 0 amide bonds. The molecule has 96 valence electrons. The largest absolute Gasteiger partial charge is 0.375 e. The minimum absolute atomic E-state index is 0.00410. The fraction of sp³-hybridized carbons (Fsp3) is 1.00. The number of halogens is 4. The highest BCUT2D eigenvalue weighted by Gasteiger charge is 2.95. The van der Waals surface area contributed by atoms with Gasteiger partial charge in [-0.05, 0) is 25.7 Å². The number of hydrogen-bond acceptors (Lipinski definition) is 1. The normalized spacial score (nSPS) is 60.2. The first kappa shape index (κ1) is 12.6. The van der Waals surface area contributed by atoms with Gasteiger partial charge in [-0.2, -0.15) is 0 Å². The summed E-state index contributed by atoms with van der Waals surface area (Å²) in [5.74, 6) is 0.600. The lowest BCUT2D eigenvalue weighted by Crippen LogP contribution is -2.30. The van der Waals surface area contributed by atoms with Crippen LogP contribution in [0.5, 0.6) is 0 Å². The molecule has 4 fully saturated rings. The molecule has 4 saturated carbocycles. The summed E-state index contributed by atoms with van der Waals surface area (Å²) in [7, 11) is 1.86. The highest BCUT2D eigenvalue weighted by atomic mass is 79.9. The minimum Gasteiger partial charge on any atom is -0.375 e. The average Bonchev–Trinajstić information content (AvgIpc) is 2.80. The molecule has 0 saturated heterocycles. The molecule has 0 aromatic heterocycles. The SMILES string of the molecule is COC12CC34CCCC3(CC1C2(Br)Br)C4(Br)Br. The Balaban J connectivity index is 1.79. The molecule has 0 aromatic carbocycles. The number of alkyl halides is 4. The van der Waals surface area contributed by atoms with Crippen molar-refractivity contribution >= 4 is 63.7 Å². The lowest BCUT2D eigenvalue weighted by atomic mass is 9.80. The van der Waals surface area contributed by atoms with Gasteiger partial charge in [0.05, 0.1) is 8.83 Å². The molecule has 5 heteroatoms. The maximum absolute atomic E-state index is 5.92. The molecule has 0 spiro atoms. The second-order valence-corrected chi connectivity index (χ2v) is 13.3. The zero-order valence-electron chi connectivity index (χ0n) is 9.53. The van der Waals surface area contributed by atoms with Crippen LogP contribution < -0.4 is 0 Å². The topological polar surface area (TPSA) is 9.23 Å². The molecule has 4 atom stereocenters. The number of fused-ring (bicyclic) bond motifs is 1. The number of rotatable bonds is 1. The van der Waals surface area contributed by atoms with Crippen molar-refractivity contribution in [2.24, 2.45) is 16.7 Å². The smallest absolute Gasteiger partial charge is 0.115 e. The molecule has 4 aliphatic carbocycles. The second kappa shape index (κ2) is 3.05. The molecule has 0 bridgehead atoms. The van der Waals surface area contributed by atoms with Crippen molar-refractivity contribution in [3.05, 3.63) is 0 Å². The van der Waals surface area contributed by atoms with Crippen molar-refractivity contribution in [1.82, 2.24) is 0 Å². The van der Waals surface area contributed by atoms with Gasteiger partial charge in [-0.25, -0.2) is 0 Å². The molecule has 0 radical (unpaired) electrons. The maximum Gasteiger partial charge on any atom is 0.115 e. The van der Waals surface area contributed by atoms with Crippen LogP contribution >= 0.6 is 63.7 Å².